The summed E-state index contributed by atoms with van der Waals surface area (Å²) >= 11 is 0. The predicted molar refractivity (Wildman–Crippen MR) is 212 cm³/mol. The Bertz CT molecular complexity index is 2190. The van der Waals surface area contributed by atoms with Crippen molar-refractivity contribution in [2.75, 3.05) is 19.6 Å². The summed E-state index contributed by atoms with van der Waals surface area (Å²) in [6.07, 6.45) is 7.89. The third-order valence-electron chi connectivity index (χ3n) is 12.4. The number of nitrogens with zero attached hydrogens (tertiary/aromatic N) is 2. The fraction of sp³-hybridized carbons (Fsp3) is 0.476. The van der Waals surface area contributed by atoms with Gasteiger partial charge in [-0.25, -0.2) is 0 Å². The smallest absolute Gasteiger partial charge is 0.246 e. The average molecular weight is 778 g/mol. The van der Waals surface area contributed by atoms with Gasteiger partial charge in [-0.3, -0.25) is 28.8 Å². The van der Waals surface area contributed by atoms with Crippen LogP contribution in [0.5, 0.6) is 0 Å². The second-order valence-electron chi connectivity index (χ2n) is 16.0. The van der Waals surface area contributed by atoms with Crippen LogP contribution in [0.3, 0.4) is 0 Å². The standard InChI is InChI=1S/C42H51N9O6/c43-18-15-31-39(55)51-20-8-14-35(51)40(56)50-19-7-13-34(50)38(54)47-33(22-26-24-45-30-12-4-2-10-28(26)30)37(53)49-42(16-5-6-17-42)41(57)48-32(36(52)46-31)21-25-23-44-29-11-3-1-9-27(25)29/h1-4,9-12,23-24,31-35,44-45H,5-8,13-22,43H2,(H,46,52)(H,47,54)(H,48,57)(H,49,53)/t31-,32-,33-,34+,35+/m0/s1. The molecule has 4 aliphatic rings. The van der Waals surface area contributed by atoms with Crippen LogP contribution in [-0.4, -0.2) is 111 Å². The normalized spacial score (nSPS) is 26.2. The Morgan fingerprint density at radius 2 is 1.16 bits per heavy atom. The number of hydrogen-bond acceptors (Lipinski definition) is 7. The maximum Gasteiger partial charge on any atom is 0.246 e. The lowest BCUT2D eigenvalue weighted by atomic mass is 9.93. The minimum absolute atomic E-state index is 0.0891. The number of carbonyl (C=O) groups is 6. The Morgan fingerprint density at radius 3 is 1.77 bits per heavy atom. The molecule has 5 heterocycles. The highest BCUT2D eigenvalue weighted by atomic mass is 16.2. The van der Waals surface area contributed by atoms with Crippen LogP contribution in [-0.2, 0) is 41.6 Å². The van der Waals surface area contributed by atoms with E-state index in [0.717, 1.165) is 32.9 Å². The molecule has 0 unspecified atom stereocenters. The summed E-state index contributed by atoms with van der Waals surface area (Å²) < 4.78 is 0. The number of para-hydroxylation sites is 2. The molecule has 3 aliphatic heterocycles. The van der Waals surface area contributed by atoms with E-state index in [1.54, 1.807) is 6.20 Å². The van der Waals surface area contributed by atoms with Gasteiger partial charge in [-0.15, -0.1) is 0 Å². The highest BCUT2D eigenvalue weighted by Gasteiger charge is 2.47. The molecular weight excluding hydrogens is 727 g/mol. The third-order valence-corrected chi connectivity index (χ3v) is 12.4. The van der Waals surface area contributed by atoms with Gasteiger partial charge in [0.15, 0.2) is 0 Å². The molecule has 6 amide bonds. The average Bonchev–Trinajstić information content (AvgIpc) is 4.07. The summed E-state index contributed by atoms with van der Waals surface area (Å²) in [4.78, 5) is 96.1. The lowest BCUT2D eigenvalue weighted by molar-refractivity contribution is -0.148. The van der Waals surface area contributed by atoms with Crippen molar-refractivity contribution in [2.24, 2.45) is 5.73 Å². The molecule has 300 valence electrons. The molecule has 4 aromatic rings. The molecule has 0 radical (unpaired) electrons. The first-order chi connectivity index (χ1) is 27.7. The second-order valence-corrected chi connectivity index (χ2v) is 16.0. The zero-order valence-corrected chi connectivity index (χ0v) is 32.0. The zero-order chi connectivity index (χ0) is 39.7. The van der Waals surface area contributed by atoms with Gasteiger partial charge >= 0.3 is 0 Å². The fourth-order valence-corrected chi connectivity index (χ4v) is 9.41. The van der Waals surface area contributed by atoms with E-state index < -0.39 is 65.3 Å². The first kappa shape index (κ1) is 38.2. The van der Waals surface area contributed by atoms with Gasteiger partial charge in [0.25, 0.3) is 0 Å². The summed E-state index contributed by atoms with van der Waals surface area (Å²) in [6.45, 7) is 0.726. The summed E-state index contributed by atoms with van der Waals surface area (Å²) in [5.41, 5.74) is 7.96. The summed E-state index contributed by atoms with van der Waals surface area (Å²) in [6, 6.07) is 10.4. The number of benzene rings is 2. The number of H-pyrrole nitrogens is 2. The van der Waals surface area contributed by atoms with Crippen molar-refractivity contribution in [1.29, 1.82) is 0 Å². The molecule has 2 aromatic heterocycles. The number of rotatable bonds is 6. The Labute approximate surface area is 330 Å². The molecule has 3 saturated heterocycles. The van der Waals surface area contributed by atoms with Gasteiger partial charge in [-0.05, 0) is 74.8 Å². The van der Waals surface area contributed by atoms with E-state index in [4.69, 9.17) is 5.73 Å². The molecule has 2 aromatic carbocycles. The Balaban J connectivity index is 1.18. The van der Waals surface area contributed by atoms with Gasteiger partial charge in [0.2, 0.25) is 35.4 Å². The highest BCUT2D eigenvalue weighted by molar-refractivity contribution is 6.00. The molecule has 57 heavy (non-hydrogen) atoms. The van der Waals surface area contributed by atoms with Crippen LogP contribution in [0.1, 0.15) is 68.9 Å². The molecule has 1 saturated carbocycles. The molecule has 8 N–H and O–H groups in total. The van der Waals surface area contributed by atoms with Crippen LogP contribution in [0.4, 0.5) is 0 Å². The van der Waals surface area contributed by atoms with Crippen LogP contribution < -0.4 is 27.0 Å². The van der Waals surface area contributed by atoms with Gasteiger partial charge < -0.3 is 46.8 Å². The highest BCUT2D eigenvalue weighted by Crippen LogP contribution is 2.32. The van der Waals surface area contributed by atoms with Crippen molar-refractivity contribution >= 4 is 57.2 Å². The maximum atomic E-state index is 14.6. The molecule has 5 atom stereocenters. The molecule has 0 bridgehead atoms. The van der Waals surface area contributed by atoms with Crippen molar-refractivity contribution in [2.45, 2.75) is 106 Å². The first-order valence-corrected chi connectivity index (χ1v) is 20.3. The minimum atomic E-state index is -1.37. The Morgan fingerprint density at radius 1 is 0.614 bits per heavy atom. The van der Waals surface area contributed by atoms with Crippen molar-refractivity contribution in [1.82, 2.24) is 41.0 Å². The molecule has 1 spiro atoms. The second kappa shape index (κ2) is 16.0. The van der Waals surface area contributed by atoms with Crippen molar-refractivity contribution in [3.8, 4) is 0 Å². The van der Waals surface area contributed by atoms with Crippen LogP contribution in [0.25, 0.3) is 21.8 Å². The van der Waals surface area contributed by atoms with Crippen molar-refractivity contribution in [3.63, 3.8) is 0 Å². The predicted octanol–water partition coefficient (Wildman–Crippen LogP) is 1.66. The fourth-order valence-electron chi connectivity index (χ4n) is 9.41. The van der Waals surface area contributed by atoms with E-state index in [1.165, 1.54) is 9.80 Å². The topological polar surface area (TPSA) is 215 Å². The zero-order valence-electron chi connectivity index (χ0n) is 32.0. The summed E-state index contributed by atoms with van der Waals surface area (Å²) in [5, 5.41) is 13.7. The minimum Gasteiger partial charge on any atom is -0.361 e. The molecule has 8 rings (SSSR count). The van der Waals surface area contributed by atoms with E-state index in [9.17, 15) is 28.8 Å². The van der Waals surface area contributed by atoms with Crippen molar-refractivity contribution in [3.05, 3.63) is 72.1 Å². The van der Waals surface area contributed by atoms with Crippen LogP contribution in [0, 0.1) is 0 Å². The summed E-state index contributed by atoms with van der Waals surface area (Å²) in [7, 11) is 0. The quantitative estimate of drug-likeness (QED) is 0.154. The largest absolute Gasteiger partial charge is 0.361 e. The first-order valence-electron chi connectivity index (χ1n) is 20.3. The number of aromatic amines is 2. The van der Waals surface area contributed by atoms with Gasteiger partial charge in [-0.2, -0.15) is 0 Å². The Hall–Kier alpha value is -5.70. The number of amides is 6. The number of aromatic nitrogens is 2. The molecule has 4 fully saturated rings. The van der Waals surface area contributed by atoms with E-state index >= 15 is 0 Å². The monoisotopic (exact) mass is 777 g/mol. The van der Waals surface area contributed by atoms with E-state index in [0.29, 0.717) is 64.5 Å². The Kier molecular flexibility index (Phi) is 10.7. The molecular formula is C42H51N9O6. The van der Waals surface area contributed by atoms with Crippen LogP contribution >= 0.6 is 0 Å². The van der Waals surface area contributed by atoms with E-state index in [-0.39, 0.29) is 31.7 Å². The summed E-state index contributed by atoms with van der Waals surface area (Å²) in [5.74, 6) is -2.84. The van der Waals surface area contributed by atoms with E-state index in [1.807, 2.05) is 54.7 Å². The van der Waals surface area contributed by atoms with Gasteiger partial charge in [-0.1, -0.05) is 49.2 Å². The lowest BCUT2D eigenvalue weighted by Crippen LogP contribution is -2.65. The van der Waals surface area contributed by atoms with E-state index in [2.05, 4.69) is 31.2 Å². The number of carbonyl (C=O) groups excluding carboxylic acids is 6. The van der Waals surface area contributed by atoms with Gasteiger partial charge in [0.1, 0.15) is 35.7 Å². The number of nitrogens with two attached hydrogens (primary N) is 1. The SMILES string of the molecule is NCC[C@@H]1NC(=O)[C@H](Cc2c[nH]c3ccccc23)NC(=O)C2(CCCC2)NC(=O)[C@H](Cc2c[nH]c3ccccc23)NC(=O)[C@H]2CCCN2C(=O)[C@H]2CCCN2C1=O. The van der Waals surface area contributed by atoms with Crippen LogP contribution in [0.2, 0.25) is 0 Å². The molecule has 15 heteroatoms. The van der Waals surface area contributed by atoms with Gasteiger partial charge in [0.05, 0.1) is 0 Å². The number of nitrogens with one attached hydrogen (secondary N) is 6. The maximum absolute atomic E-state index is 14.6. The number of fused-ring (bicyclic) bond motifs is 4. The van der Waals surface area contributed by atoms with Crippen LogP contribution in [0.15, 0.2) is 60.9 Å². The van der Waals surface area contributed by atoms with Crippen molar-refractivity contribution < 1.29 is 28.8 Å². The molecule has 15 nitrogen and oxygen atoms in total. The molecule has 1 aliphatic carbocycles. The number of hydrogen-bond donors (Lipinski definition) is 7. The van der Waals surface area contributed by atoms with Gasteiger partial charge in [0, 0.05) is 60.1 Å². The third kappa shape index (κ3) is 7.47. The lowest BCUT2D eigenvalue weighted by Gasteiger charge is -2.35.